The van der Waals surface area contributed by atoms with Gasteiger partial charge in [0.05, 0.1) is 17.0 Å². The van der Waals surface area contributed by atoms with Crippen LogP contribution in [0.2, 0.25) is 0 Å². The van der Waals surface area contributed by atoms with Gasteiger partial charge in [-0.25, -0.2) is 13.4 Å². The van der Waals surface area contributed by atoms with Crippen LogP contribution in [0.15, 0.2) is 48.8 Å². The highest BCUT2D eigenvalue weighted by molar-refractivity contribution is 7.71. The Kier molecular flexibility index (Phi) is 6.71. The minimum atomic E-state index is -4.40. The fraction of sp³-hybridized carbons (Fsp3) is 0.364. The summed E-state index contributed by atoms with van der Waals surface area (Å²) in [5, 5.41) is 7.28. The molecule has 0 saturated carbocycles. The number of alkyl halides is 3. The summed E-state index contributed by atoms with van der Waals surface area (Å²) in [6.45, 7) is 4.80. The van der Waals surface area contributed by atoms with Crippen LogP contribution in [0.1, 0.15) is 23.6 Å². The molecule has 1 N–H and O–H groups in total. The summed E-state index contributed by atoms with van der Waals surface area (Å²) in [6.07, 6.45) is -1.66. The molecule has 2 aromatic heterocycles. The van der Waals surface area contributed by atoms with E-state index in [0.29, 0.717) is 18.9 Å². The van der Waals surface area contributed by atoms with Crippen molar-refractivity contribution in [1.82, 2.24) is 20.1 Å². The van der Waals surface area contributed by atoms with Crippen LogP contribution in [0.25, 0.3) is 11.3 Å². The predicted octanol–water partition coefficient (Wildman–Crippen LogP) is 3.31. The van der Waals surface area contributed by atoms with E-state index in [1.807, 2.05) is 30.2 Å². The molecule has 1 aliphatic heterocycles. The van der Waals surface area contributed by atoms with Crippen LogP contribution in [0.3, 0.4) is 0 Å². The van der Waals surface area contributed by atoms with Crippen molar-refractivity contribution in [2.24, 2.45) is 0 Å². The summed E-state index contributed by atoms with van der Waals surface area (Å²) in [5.41, 5.74) is 2.71. The van der Waals surface area contributed by atoms with Gasteiger partial charge in [0.25, 0.3) is 0 Å². The third-order valence-corrected chi connectivity index (χ3v) is 6.36. The first-order chi connectivity index (χ1) is 15.7. The standard InChI is InChI=1S/C22H24F3N5O2S/c1-15-12-29(8-9-30(15)20-7-6-19(11-26-20)22(23,24)25)13-18-10-27-28-21(18)17-4-2-16(3-5-17)14-33(31)32/h2-7,10-11,15,33H,8-9,12-14H2,1H3,(H,27,28)/t15-/m1/s1. The number of piperazine rings is 1. The van der Waals surface area contributed by atoms with Gasteiger partial charge >= 0.3 is 6.18 Å². The highest BCUT2D eigenvalue weighted by Gasteiger charge is 2.31. The van der Waals surface area contributed by atoms with E-state index in [9.17, 15) is 21.6 Å². The fourth-order valence-corrected chi connectivity index (χ4v) is 4.59. The number of pyridine rings is 1. The molecular weight excluding hydrogens is 455 g/mol. The molecular formula is C22H24F3N5O2S. The van der Waals surface area contributed by atoms with Crippen molar-refractivity contribution in [3.63, 3.8) is 0 Å². The molecule has 1 aliphatic rings. The maximum absolute atomic E-state index is 12.8. The third-order valence-electron chi connectivity index (χ3n) is 5.73. The number of aromatic amines is 1. The van der Waals surface area contributed by atoms with Crippen LogP contribution in [-0.4, -0.2) is 54.2 Å². The summed E-state index contributed by atoms with van der Waals surface area (Å²) in [7, 11) is -2.47. The van der Waals surface area contributed by atoms with Gasteiger partial charge in [0, 0.05) is 55.7 Å². The van der Waals surface area contributed by atoms with Crippen molar-refractivity contribution >= 4 is 16.5 Å². The minimum absolute atomic E-state index is 0.0129. The van der Waals surface area contributed by atoms with E-state index in [-0.39, 0.29) is 11.8 Å². The lowest BCUT2D eigenvalue weighted by molar-refractivity contribution is -0.137. The zero-order valence-corrected chi connectivity index (χ0v) is 18.8. The lowest BCUT2D eigenvalue weighted by Crippen LogP contribution is -2.51. The summed E-state index contributed by atoms with van der Waals surface area (Å²) in [5.74, 6) is 0.554. The molecule has 0 spiro atoms. The number of anilines is 1. The molecule has 1 aromatic carbocycles. The van der Waals surface area contributed by atoms with E-state index in [1.165, 1.54) is 6.07 Å². The molecule has 33 heavy (non-hydrogen) atoms. The highest BCUT2D eigenvalue weighted by Crippen LogP contribution is 2.30. The van der Waals surface area contributed by atoms with Crippen molar-refractivity contribution in [2.45, 2.75) is 31.4 Å². The number of benzene rings is 1. The second kappa shape index (κ2) is 9.52. The molecule has 0 unspecified atom stereocenters. The monoisotopic (exact) mass is 479 g/mol. The van der Waals surface area contributed by atoms with Crippen LogP contribution >= 0.6 is 0 Å². The molecule has 0 amide bonds. The van der Waals surface area contributed by atoms with Crippen molar-refractivity contribution in [3.05, 3.63) is 65.5 Å². The number of rotatable bonds is 6. The fourth-order valence-electron chi connectivity index (χ4n) is 4.08. The summed E-state index contributed by atoms with van der Waals surface area (Å²) < 4.78 is 60.2. The van der Waals surface area contributed by atoms with Gasteiger partial charge in [0.2, 0.25) is 0 Å². The smallest absolute Gasteiger partial charge is 0.351 e. The minimum Gasteiger partial charge on any atom is -0.351 e. The van der Waals surface area contributed by atoms with Crippen LogP contribution in [0, 0.1) is 0 Å². The molecule has 0 bridgehead atoms. The zero-order chi connectivity index (χ0) is 23.6. The number of nitrogens with one attached hydrogen (secondary N) is 1. The number of nitrogens with zero attached hydrogens (tertiary/aromatic N) is 4. The second-order valence-corrected chi connectivity index (χ2v) is 9.11. The maximum Gasteiger partial charge on any atom is 0.417 e. The number of thiol groups is 1. The molecule has 11 heteroatoms. The molecule has 3 aromatic rings. The Hall–Kier alpha value is -2.92. The SMILES string of the molecule is C[C@@H]1CN(Cc2c[nH]nc2-c2ccc(C[SH](=O)=O)cc2)CCN1c1ccc(C(F)(F)F)cn1. The molecule has 0 aliphatic carbocycles. The number of H-pyrrole nitrogens is 1. The highest BCUT2D eigenvalue weighted by atomic mass is 32.2. The van der Waals surface area contributed by atoms with Crippen molar-refractivity contribution < 1.29 is 21.6 Å². The predicted molar refractivity (Wildman–Crippen MR) is 119 cm³/mol. The Labute approximate surface area is 191 Å². The van der Waals surface area contributed by atoms with Gasteiger partial charge in [-0.1, -0.05) is 24.3 Å². The van der Waals surface area contributed by atoms with Crippen LogP contribution in [0.5, 0.6) is 0 Å². The average Bonchev–Trinajstić information content (AvgIpc) is 3.21. The Balaban J connectivity index is 1.41. The lowest BCUT2D eigenvalue weighted by atomic mass is 10.1. The second-order valence-electron chi connectivity index (χ2n) is 8.13. The molecule has 1 fully saturated rings. The van der Waals surface area contributed by atoms with Crippen molar-refractivity contribution in [3.8, 4) is 11.3 Å². The first-order valence-corrected chi connectivity index (χ1v) is 11.8. The van der Waals surface area contributed by atoms with E-state index in [0.717, 1.165) is 47.7 Å². The van der Waals surface area contributed by atoms with E-state index in [2.05, 4.69) is 20.1 Å². The van der Waals surface area contributed by atoms with E-state index < -0.39 is 22.4 Å². The summed E-state index contributed by atoms with van der Waals surface area (Å²) in [4.78, 5) is 8.33. The first kappa shape index (κ1) is 23.2. The lowest BCUT2D eigenvalue weighted by Gasteiger charge is -2.40. The van der Waals surface area contributed by atoms with E-state index in [1.54, 1.807) is 12.1 Å². The molecule has 3 heterocycles. The molecule has 1 atom stereocenters. The van der Waals surface area contributed by atoms with Gasteiger partial charge in [-0.15, -0.1) is 0 Å². The van der Waals surface area contributed by atoms with Gasteiger partial charge in [-0.05, 0) is 24.6 Å². The Morgan fingerprint density at radius 1 is 1.12 bits per heavy atom. The van der Waals surface area contributed by atoms with Crippen molar-refractivity contribution in [1.29, 1.82) is 0 Å². The van der Waals surface area contributed by atoms with Crippen LogP contribution < -0.4 is 4.90 Å². The van der Waals surface area contributed by atoms with Crippen LogP contribution in [-0.2, 0) is 29.2 Å². The van der Waals surface area contributed by atoms with Gasteiger partial charge < -0.3 is 4.90 Å². The van der Waals surface area contributed by atoms with E-state index in [4.69, 9.17) is 0 Å². The molecule has 4 rings (SSSR count). The first-order valence-electron chi connectivity index (χ1n) is 10.5. The average molecular weight is 480 g/mol. The number of hydrogen-bond acceptors (Lipinski definition) is 6. The van der Waals surface area contributed by atoms with Gasteiger partial charge in [0.15, 0.2) is 0 Å². The Morgan fingerprint density at radius 2 is 1.88 bits per heavy atom. The number of aromatic nitrogens is 3. The van der Waals surface area contributed by atoms with E-state index >= 15 is 0 Å². The quantitative estimate of drug-likeness (QED) is 0.528. The summed E-state index contributed by atoms with van der Waals surface area (Å²) >= 11 is 0. The third kappa shape index (κ3) is 5.53. The molecule has 7 nitrogen and oxygen atoms in total. The maximum atomic E-state index is 12.8. The zero-order valence-electron chi connectivity index (χ0n) is 17.9. The molecule has 1 saturated heterocycles. The van der Waals surface area contributed by atoms with Crippen molar-refractivity contribution in [2.75, 3.05) is 24.5 Å². The topological polar surface area (TPSA) is 82.2 Å². The normalized spacial score (nSPS) is 17.6. The molecule has 176 valence electrons. The molecule has 0 radical (unpaired) electrons. The number of hydrogen-bond donors (Lipinski definition) is 2. The van der Waals surface area contributed by atoms with Gasteiger partial charge in [-0.3, -0.25) is 10.00 Å². The Morgan fingerprint density at radius 3 is 2.48 bits per heavy atom. The van der Waals surface area contributed by atoms with Gasteiger partial charge in [0.1, 0.15) is 16.5 Å². The number of halogens is 3. The van der Waals surface area contributed by atoms with Gasteiger partial charge in [-0.2, -0.15) is 18.3 Å². The summed E-state index contributed by atoms with van der Waals surface area (Å²) in [6, 6.07) is 9.88. The largest absolute Gasteiger partial charge is 0.417 e. The van der Waals surface area contributed by atoms with Crippen LogP contribution in [0.4, 0.5) is 19.0 Å². The Bertz CT molecular complexity index is 1150.